The Bertz CT molecular complexity index is 728. The van der Waals surface area contributed by atoms with Crippen LogP contribution in [0.25, 0.3) is 0 Å². The predicted octanol–water partition coefficient (Wildman–Crippen LogP) is 5.28. The second kappa shape index (κ2) is 6.24. The van der Waals surface area contributed by atoms with Crippen LogP contribution in [-0.2, 0) is 6.18 Å². The lowest BCUT2D eigenvalue weighted by atomic mass is 9.87. The van der Waals surface area contributed by atoms with Crippen LogP contribution in [0.5, 0.6) is 0 Å². The van der Waals surface area contributed by atoms with E-state index in [0.717, 1.165) is 17.3 Å². The van der Waals surface area contributed by atoms with E-state index in [4.69, 9.17) is 0 Å². The van der Waals surface area contributed by atoms with Gasteiger partial charge in [0.25, 0.3) is 0 Å². The van der Waals surface area contributed by atoms with E-state index in [9.17, 15) is 13.2 Å². The molecule has 23 heavy (non-hydrogen) atoms. The van der Waals surface area contributed by atoms with Gasteiger partial charge in [-0.15, -0.1) is 0 Å². The van der Waals surface area contributed by atoms with E-state index in [1.165, 1.54) is 12.1 Å². The molecule has 0 aliphatic carbocycles. The molecule has 0 amide bonds. The fourth-order valence-corrected chi connectivity index (χ4v) is 2.62. The summed E-state index contributed by atoms with van der Waals surface area (Å²) in [4.78, 5) is 4.34. The summed E-state index contributed by atoms with van der Waals surface area (Å²) in [5.74, 6) is -0.334. The van der Waals surface area contributed by atoms with Gasteiger partial charge in [0.1, 0.15) is 0 Å². The number of hydrogen-bond donors (Lipinski definition) is 0. The van der Waals surface area contributed by atoms with Gasteiger partial charge in [-0.2, -0.15) is 13.2 Å². The summed E-state index contributed by atoms with van der Waals surface area (Å²) in [6.45, 7) is 0. The zero-order chi connectivity index (χ0) is 16.3. The highest BCUT2D eigenvalue weighted by molar-refractivity contribution is 5.42. The van der Waals surface area contributed by atoms with Crippen LogP contribution in [0, 0.1) is 0 Å². The standard InChI is InChI=1S/C19H14F3N/c20-19(21,22)16-10-6-9-15(13-16)18(14-7-2-1-3-8-14)17-11-4-5-12-23-17/h1-13,18H. The predicted molar refractivity (Wildman–Crippen MR) is 83.1 cm³/mol. The number of alkyl halides is 3. The van der Waals surface area contributed by atoms with Crippen molar-refractivity contribution < 1.29 is 13.2 Å². The Labute approximate surface area is 132 Å². The fraction of sp³-hybridized carbons (Fsp3) is 0.105. The maximum absolute atomic E-state index is 13.0. The second-order valence-corrected chi connectivity index (χ2v) is 5.22. The minimum absolute atomic E-state index is 0.334. The number of halogens is 3. The molecule has 1 aromatic heterocycles. The Kier molecular flexibility index (Phi) is 4.15. The first-order chi connectivity index (χ1) is 11.1. The quantitative estimate of drug-likeness (QED) is 0.641. The fourth-order valence-electron chi connectivity index (χ4n) is 2.62. The van der Waals surface area contributed by atoms with E-state index in [1.54, 1.807) is 18.3 Å². The Morgan fingerprint density at radius 1 is 0.739 bits per heavy atom. The van der Waals surface area contributed by atoms with Crippen molar-refractivity contribution in [1.82, 2.24) is 4.98 Å². The summed E-state index contributed by atoms with van der Waals surface area (Å²) in [5.41, 5.74) is 1.56. The molecule has 0 fully saturated rings. The summed E-state index contributed by atoms with van der Waals surface area (Å²) >= 11 is 0. The van der Waals surface area contributed by atoms with Gasteiger partial charge in [-0.1, -0.05) is 54.6 Å². The Balaban J connectivity index is 2.14. The third kappa shape index (κ3) is 3.42. The van der Waals surface area contributed by atoms with Crippen LogP contribution in [0.3, 0.4) is 0 Å². The van der Waals surface area contributed by atoms with Gasteiger partial charge < -0.3 is 0 Å². The summed E-state index contributed by atoms with van der Waals surface area (Å²) in [6, 6.07) is 20.3. The monoisotopic (exact) mass is 313 g/mol. The van der Waals surface area contributed by atoms with Gasteiger partial charge in [-0.3, -0.25) is 4.98 Å². The number of nitrogens with zero attached hydrogens (tertiary/aromatic N) is 1. The third-order valence-corrected chi connectivity index (χ3v) is 3.66. The lowest BCUT2D eigenvalue weighted by Gasteiger charge is -2.19. The molecule has 0 aliphatic rings. The van der Waals surface area contributed by atoms with Crippen LogP contribution in [-0.4, -0.2) is 4.98 Å². The first-order valence-electron chi connectivity index (χ1n) is 7.19. The van der Waals surface area contributed by atoms with Crippen molar-refractivity contribution in [2.75, 3.05) is 0 Å². The van der Waals surface area contributed by atoms with Crippen molar-refractivity contribution in [2.45, 2.75) is 12.1 Å². The molecule has 0 radical (unpaired) electrons. The van der Waals surface area contributed by atoms with Crippen molar-refractivity contribution in [3.8, 4) is 0 Å². The van der Waals surface area contributed by atoms with Crippen LogP contribution in [0.2, 0.25) is 0 Å². The van der Waals surface area contributed by atoms with Gasteiger partial charge >= 0.3 is 6.18 Å². The molecule has 116 valence electrons. The molecule has 0 aliphatic heterocycles. The molecule has 4 heteroatoms. The Morgan fingerprint density at radius 2 is 1.43 bits per heavy atom. The Morgan fingerprint density at radius 3 is 2.09 bits per heavy atom. The molecule has 1 unspecified atom stereocenters. The van der Waals surface area contributed by atoms with Crippen molar-refractivity contribution >= 4 is 0 Å². The molecule has 1 nitrogen and oxygen atoms in total. The van der Waals surface area contributed by atoms with Crippen LogP contribution >= 0.6 is 0 Å². The normalized spacial score (nSPS) is 12.8. The van der Waals surface area contributed by atoms with E-state index in [-0.39, 0.29) is 5.92 Å². The van der Waals surface area contributed by atoms with Crippen molar-refractivity contribution in [3.05, 3.63) is 101 Å². The second-order valence-electron chi connectivity index (χ2n) is 5.22. The molecule has 1 heterocycles. The molecule has 3 aromatic rings. The lowest BCUT2D eigenvalue weighted by Crippen LogP contribution is -2.09. The van der Waals surface area contributed by atoms with Gasteiger partial charge in [-0.25, -0.2) is 0 Å². The molecule has 0 saturated carbocycles. The number of hydrogen-bond acceptors (Lipinski definition) is 1. The molecule has 0 bridgehead atoms. The smallest absolute Gasteiger partial charge is 0.260 e. The highest BCUT2D eigenvalue weighted by Gasteiger charge is 2.31. The topological polar surface area (TPSA) is 12.9 Å². The summed E-state index contributed by atoms with van der Waals surface area (Å²) < 4.78 is 39.1. The third-order valence-electron chi connectivity index (χ3n) is 3.66. The van der Waals surface area contributed by atoms with E-state index >= 15 is 0 Å². The van der Waals surface area contributed by atoms with Crippen molar-refractivity contribution in [2.24, 2.45) is 0 Å². The SMILES string of the molecule is FC(F)(F)c1cccc(C(c2ccccc2)c2ccccn2)c1. The molecule has 1 atom stereocenters. The summed E-state index contributed by atoms with van der Waals surface area (Å²) in [5, 5.41) is 0. The minimum Gasteiger partial charge on any atom is -0.260 e. The highest BCUT2D eigenvalue weighted by Crippen LogP contribution is 2.35. The van der Waals surface area contributed by atoms with Gasteiger partial charge in [0.15, 0.2) is 0 Å². The number of aromatic nitrogens is 1. The molecular weight excluding hydrogens is 299 g/mol. The van der Waals surface area contributed by atoms with E-state index in [0.29, 0.717) is 5.56 Å². The van der Waals surface area contributed by atoms with Crippen molar-refractivity contribution in [3.63, 3.8) is 0 Å². The van der Waals surface area contributed by atoms with Crippen LogP contribution in [0.4, 0.5) is 13.2 Å². The highest BCUT2D eigenvalue weighted by atomic mass is 19.4. The van der Waals surface area contributed by atoms with Crippen LogP contribution in [0.1, 0.15) is 28.3 Å². The summed E-state index contributed by atoms with van der Waals surface area (Å²) in [6.07, 6.45) is -2.71. The van der Waals surface area contributed by atoms with E-state index in [2.05, 4.69) is 4.98 Å². The molecule has 2 aromatic carbocycles. The zero-order valence-electron chi connectivity index (χ0n) is 12.2. The Hall–Kier alpha value is -2.62. The number of pyridine rings is 1. The average molecular weight is 313 g/mol. The first kappa shape index (κ1) is 15.3. The maximum atomic E-state index is 13.0. The van der Waals surface area contributed by atoms with Crippen LogP contribution in [0.15, 0.2) is 79.0 Å². The van der Waals surface area contributed by atoms with Gasteiger partial charge in [0.2, 0.25) is 0 Å². The van der Waals surface area contributed by atoms with E-state index < -0.39 is 11.7 Å². The maximum Gasteiger partial charge on any atom is 0.416 e. The number of rotatable bonds is 3. The average Bonchev–Trinajstić information content (AvgIpc) is 2.57. The summed E-state index contributed by atoms with van der Waals surface area (Å²) in [7, 11) is 0. The van der Waals surface area contributed by atoms with E-state index in [1.807, 2.05) is 42.5 Å². The molecule has 0 spiro atoms. The molecule has 0 saturated heterocycles. The zero-order valence-corrected chi connectivity index (χ0v) is 12.2. The van der Waals surface area contributed by atoms with Crippen LogP contribution < -0.4 is 0 Å². The minimum atomic E-state index is -4.36. The molecular formula is C19H14F3N. The first-order valence-corrected chi connectivity index (χ1v) is 7.19. The lowest BCUT2D eigenvalue weighted by molar-refractivity contribution is -0.137. The largest absolute Gasteiger partial charge is 0.416 e. The van der Waals surface area contributed by atoms with Gasteiger partial charge in [-0.05, 0) is 29.3 Å². The van der Waals surface area contributed by atoms with Crippen molar-refractivity contribution in [1.29, 1.82) is 0 Å². The van der Waals surface area contributed by atoms with Gasteiger partial charge in [0.05, 0.1) is 17.2 Å². The van der Waals surface area contributed by atoms with Gasteiger partial charge in [0, 0.05) is 6.20 Å². The molecule has 3 rings (SSSR count). The number of benzene rings is 2. The molecule has 0 N–H and O–H groups in total.